The minimum Gasteiger partial charge on any atom is -0.204 e. The third-order valence-electron chi connectivity index (χ3n) is 3.41. The van der Waals surface area contributed by atoms with E-state index in [4.69, 9.17) is 0 Å². The number of hydrogen-bond acceptors (Lipinski definition) is 0. The van der Waals surface area contributed by atoms with E-state index in [0.717, 1.165) is 12.1 Å². The fourth-order valence-electron chi connectivity index (χ4n) is 2.40. The molecule has 2 rings (SSSR count). The highest BCUT2D eigenvalue weighted by atomic mass is 19.4. The first-order valence-corrected chi connectivity index (χ1v) is 6.16. The summed E-state index contributed by atoms with van der Waals surface area (Å²) < 4.78 is 107. The summed E-state index contributed by atoms with van der Waals surface area (Å²) in [5, 5.41) is 0. The van der Waals surface area contributed by atoms with Gasteiger partial charge in [-0.15, -0.1) is 0 Å². The number of benzene rings is 2. The van der Waals surface area contributed by atoms with E-state index in [1.807, 2.05) is 0 Å². The summed E-state index contributed by atoms with van der Waals surface area (Å²) in [6.07, 6.45) is -11.6. The van der Waals surface area contributed by atoms with Gasteiger partial charge in [-0.05, 0) is 23.3 Å². The lowest BCUT2D eigenvalue weighted by Crippen LogP contribution is -2.54. The van der Waals surface area contributed by atoms with Gasteiger partial charge in [-0.25, -0.2) is 8.78 Å². The van der Waals surface area contributed by atoms with E-state index in [0.29, 0.717) is 12.1 Å². The quantitative estimate of drug-likeness (QED) is 0.644. The monoisotopic (exact) mass is 340 g/mol. The summed E-state index contributed by atoms with van der Waals surface area (Å²) >= 11 is 0. The molecular formula is C15H8F8. The largest absolute Gasteiger partial charge is 0.411 e. The van der Waals surface area contributed by atoms with Crippen LogP contribution in [0.5, 0.6) is 0 Å². The van der Waals surface area contributed by atoms with Crippen LogP contribution in [0.25, 0.3) is 0 Å². The lowest BCUT2D eigenvalue weighted by atomic mass is 9.73. The maximum Gasteiger partial charge on any atom is 0.411 e. The Labute approximate surface area is 125 Å². The summed E-state index contributed by atoms with van der Waals surface area (Å²) in [5.41, 5.74) is -7.04. The molecule has 0 heterocycles. The van der Waals surface area contributed by atoms with E-state index in [1.54, 1.807) is 0 Å². The molecule has 0 saturated heterocycles. The molecular weight excluding hydrogens is 332 g/mol. The van der Waals surface area contributed by atoms with Crippen LogP contribution in [0.3, 0.4) is 0 Å². The zero-order chi connectivity index (χ0) is 17.5. The van der Waals surface area contributed by atoms with Crippen molar-refractivity contribution in [3.8, 4) is 0 Å². The molecule has 0 spiro atoms. The molecule has 0 aliphatic carbocycles. The van der Waals surface area contributed by atoms with Crippen LogP contribution in [0.2, 0.25) is 0 Å². The molecule has 0 bridgehead atoms. The van der Waals surface area contributed by atoms with Gasteiger partial charge in [-0.1, -0.05) is 36.4 Å². The first-order valence-electron chi connectivity index (χ1n) is 6.16. The van der Waals surface area contributed by atoms with Crippen LogP contribution >= 0.6 is 0 Å². The summed E-state index contributed by atoms with van der Waals surface area (Å²) in [5.74, 6) is -3.34. The Morgan fingerprint density at radius 1 is 0.565 bits per heavy atom. The molecule has 0 saturated carbocycles. The SMILES string of the molecule is Fc1ccc(C(c2ccccc2)(C(F)(F)F)C(F)(F)F)cc1F. The van der Waals surface area contributed by atoms with Crippen LogP contribution in [0.1, 0.15) is 11.1 Å². The van der Waals surface area contributed by atoms with Gasteiger partial charge in [0.1, 0.15) is 0 Å². The Morgan fingerprint density at radius 2 is 1.09 bits per heavy atom. The van der Waals surface area contributed by atoms with Crippen molar-refractivity contribution in [3.05, 3.63) is 71.3 Å². The van der Waals surface area contributed by atoms with Gasteiger partial charge in [0.25, 0.3) is 0 Å². The van der Waals surface area contributed by atoms with E-state index in [2.05, 4.69) is 0 Å². The van der Waals surface area contributed by atoms with Crippen LogP contribution in [0, 0.1) is 11.6 Å². The van der Waals surface area contributed by atoms with Gasteiger partial charge in [-0.3, -0.25) is 0 Å². The Morgan fingerprint density at radius 3 is 1.52 bits per heavy atom. The first kappa shape index (κ1) is 17.2. The second-order valence-electron chi connectivity index (χ2n) is 4.74. The molecule has 124 valence electrons. The average Bonchev–Trinajstić information content (AvgIpc) is 2.41. The van der Waals surface area contributed by atoms with Gasteiger partial charge in [0.2, 0.25) is 5.41 Å². The lowest BCUT2D eigenvalue weighted by molar-refractivity contribution is -0.288. The summed E-state index contributed by atoms with van der Waals surface area (Å²) in [4.78, 5) is 0. The highest BCUT2D eigenvalue weighted by Gasteiger charge is 2.72. The van der Waals surface area contributed by atoms with Crippen LogP contribution < -0.4 is 0 Å². The molecule has 2 aromatic rings. The fourth-order valence-corrected chi connectivity index (χ4v) is 2.40. The van der Waals surface area contributed by atoms with E-state index < -0.39 is 40.5 Å². The second kappa shape index (κ2) is 5.50. The predicted molar refractivity (Wildman–Crippen MR) is 65.7 cm³/mol. The van der Waals surface area contributed by atoms with Gasteiger partial charge in [0.15, 0.2) is 11.6 Å². The average molecular weight is 340 g/mol. The fraction of sp³-hybridized carbons (Fsp3) is 0.200. The van der Waals surface area contributed by atoms with E-state index in [9.17, 15) is 35.1 Å². The van der Waals surface area contributed by atoms with Crippen molar-refractivity contribution in [3.63, 3.8) is 0 Å². The number of halogens is 8. The second-order valence-corrected chi connectivity index (χ2v) is 4.74. The molecule has 0 amide bonds. The highest BCUT2D eigenvalue weighted by Crippen LogP contribution is 2.56. The molecule has 23 heavy (non-hydrogen) atoms. The van der Waals surface area contributed by atoms with Crippen molar-refractivity contribution in [1.29, 1.82) is 0 Å². The third kappa shape index (κ3) is 2.66. The molecule has 2 aromatic carbocycles. The van der Waals surface area contributed by atoms with E-state index in [-0.39, 0.29) is 18.2 Å². The summed E-state index contributed by atoms with van der Waals surface area (Å²) in [7, 11) is 0. The molecule has 0 radical (unpaired) electrons. The Hall–Kier alpha value is -2.12. The molecule has 0 atom stereocenters. The molecule has 0 N–H and O–H groups in total. The molecule has 0 fully saturated rings. The van der Waals surface area contributed by atoms with Crippen molar-refractivity contribution >= 4 is 0 Å². The van der Waals surface area contributed by atoms with Gasteiger partial charge in [0.05, 0.1) is 0 Å². The highest BCUT2D eigenvalue weighted by molar-refractivity contribution is 5.44. The van der Waals surface area contributed by atoms with Crippen molar-refractivity contribution in [1.82, 2.24) is 0 Å². The van der Waals surface area contributed by atoms with Gasteiger partial charge in [-0.2, -0.15) is 26.3 Å². The van der Waals surface area contributed by atoms with Crippen LogP contribution in [0.15, 0.2) is 48.5 Å². The molecule has 0 aromatic heterocycles. The molecule has 0 nitrogen and oxygen atoms in total. The predicted octanol–water partition coefficient (Wildman–Crippen LogP) is 5.38. The minimum absolute atomic E-state index is 0.0800. The van der Waals surface area contributed by atoms with Crippen molar-refractivity contribution in [2.24, 2.45) is 0 Å². The molecule has 0 aliphatic heterocycles. The Balaban J connectivity index is 2.91. The zero-order valence-corrected chi connectivity index (χ0v) is 11.1. The Bertz CT molecular complexity index is 671. The summed E-state index contributed by atoms with van der Waals surface area (Å²) in [6.45, 7) is 0. The van der Waals surface area contributed by atoms with E-state index in [1.165, 1.54) is 6.07 Å². The van der Waals surface area contributed by atoms with Gasteiger partial charge < -0.3 is 0 Å². The lowest BCUT2D eigenvalue weighted by Gasteiger charge is -2.38. The van der Waals surface area contributed by atoms with Crippen molar-refractivity contribution in [2.45, 2.75) is 17.8 Å². The van der Waals surface area contributed by atoms with Crippen LogP contribution in [-0.2, 0) is 5.41 Å². The van der Waals surface area contributed by atoms with Gasteiger partial charge in [0, 0.05) is 0 Å². The first-order chi connectivity index (χ1) is 10.5. The molecule has 0 aliphatic rings. The standard InChI is InChI=1S/C15H8F8/c16-11-7-6-10(8-12(11)17)13(14(18,19)20,15(21,22)23)9-4-2-1-3-5-9/h1-8H. The maximum absolute atomic E-state index is 13.5. The van der Waals surface area contributed by atoms with Crippen LogP contribution in [-0.4, -0.2) is 12.4 Å². The van der Waals surface area contributed by atoms with Crippen LogP contribution in [0.4, 0.5) is 35.1 Å². The molecule has 0 unspecified atom stereocenters. The third-order valence-corrected chi connectivity index (χ3v) is 3.41. The Kier molecular flexibility index (Phi) is 4.13. The van der Waals surface area contributed by atoms with Crippen molar-refractivity contribution in [2.75, 3.05) is 0 Å². The normalized spacial score (nSPS) is 13.2. The van der Waals surface area contributed by atoms with Crippen molar-refractivity contribution < 1.29 is 35.1 Å². The molecule has 8 heteroatoms. The zero-order valence-electron chi connectivity index (χ0n) is 11.1. The summed E-state index contributed by atoms with van der Waals surface area (Å²) in [6, 6.07) is 4.97. The smallest absolute Gasteiger partial charge is 0.204 e. The van der Waals surface area contributed by atoms with E-state index >= 15 is 0 Å². The van der Waals surface area contributed by atoms with Gasteiger partial charge >= 0.3 is 12.4 Å². The number of hydrogen-bond donors (Lipinski definition) is 0. The number of rotatable bonds is 2. The minimum atomic E-state index is -5.82. The topological polar surface area (TPSA) is 0 Å². The number of alkyl halides is 6. The maximum atomic E-state index is 13.5.